The number of aliphatic hydroxyl groups is 1. The monoisotopic (exact) mass is 577 g/mol. The minimum Gasteiger partial charge on any atom is -0.390 e. The smallest absolute Gasteiger partial charge is 0.390 e. The lowest BCUT2D eigenvalue weighted by atomic mass is 10.0. The molecule has 40 heavy (non-hydrogen) atoms. The van der Waals surface area contributed by atoms with Gasteiger partial charge in [-0.05, 0) is 49.7 Å². The first-order chi connectivity index (χ1) is 19.3. The Labute approximate surface area is 237 Å². The van der Waals surface area contributed by atoms with Gasteiger partial charge in [0.25, 0.3) is 0 Å². The molecule has 4 aliphatic rings. The first-order valence-electron chi connectivity index (χ1n) is 14.6. The molecule has 1 amide bonds. The number of nitrogens with zero attached hydrogens (tertiary/aromatic N) is 4. The Balaban J connectivity index is 1.22. The zero-order valence-electron chi connectivity index (χ0n) is 22.8. The van der Waals surface area contributed by atoms with Crippen molar-refractivity contribution >= 4 is 17.7 Å². The minimum absolute atomic E-state index is 0.0228. The van der Waals surface area contributed by atoms with Gasteiger partial charge in [0.1, 0.15) is 0 Å². The average Bonchev–Trinajstić information content (AvgIpc) is 3.71. The van der Waals surface area contributed by atoms with Gasteiger partial charge in [-0.15, -0.1) is 11.8 Å². The number of alkyl halides is 3. The molecule has 2 aromatic rings. The van der Waals surface area contributed by atoms with E-state index in [2.05, 4.69) is 10.2 Å². The minimum atomic E-state index is -4.52. The van der Waals surface area contributed by atoms with Gasteiger partial charge in [-0.2, -0.15) is 18.3 Å². The van der Waals surface area contributed by atoms with Crippen LogP contribution in [-0.2, 0) is 30.5 Å². The summed E-state index contributed by atoms with van der Waals surface area (Å²) in [5.41, 5.74) is 2.52. The van der Waals surface area contributed by atoms with Crippen molar-refractivity contribution in [2.24, 2.45) is 11.8 Å². The van der Waals surface area contributed by atoms with Crippen molar-refractivity contribution < 1.29 is 23.1 Å². The van der Waals surface area contributed by atoms with Crippen LogP contribution < -0.4 is 5.32 Å². The number of nitrogens with one attached hydrogen (secondary N) is 1. The molecule has 2 saturated heterocycles. The molecule has 3 fully saturated rings. The molecule has 4 heterocycles. The molecular weight excluding hydrogens is 539 g/mol. The second-order valence-electron chi connectivity index (χ2n) is 11.8. The zero-order chi connectivity index (χ0) is 27.9. The fourth-order valence-corrected chi connectivity index (χ4v) is 8.07. The van der Waals surface area contributed by atoms with E-state index < -0.39 is 17.8 Å². The Hall–Kier alpha value is -2.08. The first kappa shape index (κ1) is 28.1. The molecule has 11 heteroatoms. The number of carbonyl (C=O) groups is 1. The number of carbonyl (C=O) groups excluding carboxylic acids is 1. The molecule has 0 bridgehead atoms. The van der Waals surface area contributed by atoms with Crippen molar-refractivity contribution in [1.29, 1.82) is 0 Å². The molecule has 1 aromatic heterocycles. The summed E-state index contributed by atoms with van der Waals surface area (Å²) >= 11 is 0.950. The first-order valence-corrected chi connectivity index (χ1v) is 15.6. The summed E-state index contributed by atoms with van der Waals surface area (Å²) < 4.78 is 43.6. The highest BCUT2D eigenvalue weighted by Gasteiger charge is 2.37. The fourth-order valence-electron chi connectivity index (χ4n) is 7.06. The highest BCUT2D eigenvalue weighted by molar-refractivity contribution is 8.00. The van der Waals surface area contributed by atoms with Gasteiger partial charge in [0.15, 0.2) is 0 Å². The number of benzene rings is 1. The van der Waals surface area contributed by atoms with Crippen LogP contribution in [0.4, 0.5) is 13.2 Å². The van der Waals surface area contributed by atoms with Crippen LogP contribution in [-0.4, -0.2) is 81.7 Å². The van der Waals surface area contributed by atoms with Crippen LogP contribution in [0.15, 0.2) is 23.1 Å². The average molecular weight is 578 g/mol. The van der Waals surface area contributed by atoms with Gasteiger partial charge in [-0.25, -0.2) is 0 Å². The summed E-state index contributed by atoms with van der Waals surface area (Å²) in [7, 11) is 0. The number of aromatic nitrogens is 2. The summed E-state index contributed by atoms with van der Waals surface area (Å²) in [5, 5.41) is 19.2. The highest BCUT2D eigenvalue weighted by Crippen LogP contribution is 2.40. The van der Waals surface area contributed by atoms with Crippen molar-refractivity contribution in [3.05, 3.63) is 35.0 Å². The summed E-state index contributed by atoms with van der Waals surface area (Å²) in [6, 6.07) is 4.13. The standard InChI is InChI=1S/C29H38F3N5O2S/c30-29(31,32)24-7-6-19(12-26(24)40-18-27(39)36-10-1-2-11-36)28-23-13-33-9-8-25(23)37(34-28)17-22(38)16-35-14-20-4-3-5-21(20)15-35/h6-7,12,20-22,33,38H,1-5,8-11,13-18H2. The molecule has 6 rings (SSSR count). The second kappa shape index (κ2) is 11.7. The van der Waals surface area contributed by atoms with Crippen LogP contribution in [0.25, 0.3) is 11.3 Å². The third kappa shape index (κ3) is 5.93. The molecule has 1 aromatic carbocycles. The largest absolute Gasteiger partial charge is 0.417 e. The van der Waals surface area contributed by atoms with Gasteiger partial charge in [-0.1, -0.05) is 12.5 Å². The Kier molecular flexibility index (Phi) is 8.18. The number of hydrogen-bond donors (Lipinski definition) is 2. The molecule has 2 N–H and O–H groups in total. The van der Waals surface area contributed by atoms with Crippen molar-refractivity contribution in [1.82, 2.24) is 24.9 Å². The zero-order valence-corrected chi connectivity index (χ0v) is 23.6. The second-order valence-corrected chi connectivity index (χ2v) is 12.8. The number of β-amino-alcohol motifs (C(OH)–C–C–N with tert-alkyl or cyclic N) is 1. The third-order valence-electron chi connectivity index (χ3n) is 9.03. The van der Waals surface area contributed by atoms with E-state index in [-0.39, 0.29) is 16.6 Å². The van der Waals surface area contributed by atoms with Crippen LogP contribution in [0.2, 0.25) is 0 Å². The van der Waals surface area contributed by atoms with E-state index in [0.29, 0.717) is 44.0 Å². The number of amides is 1. The van der Waals surface area contributed by atoms with Gasteiger partial charge in [-0.3, -0.25) is 9.48 Å². The van der Waals surface area contributed by atoms with E-state index in [4.69, 9.17) is 5.10 Å². The Morgan fingerprint density at radius 1 is 1.12 bits per heavy atom. The number of likely N-dealkylation sites (tertiary alicyclic amines) is 2. The predicted molar refractivity (Wildman–Crippen MR) is 148 cm³/mol. The summed E-state index contributed by atoms with van der Waals surface area (Å²) in [6.45, 7) is 5.80. The van der Waals surface area contributed by atoms with Crippen LogP contribution in [0.5, 0.6) is 0 Å². The van der Waals surface area contributed by atoms with Gasteiger partial charge in [0, 0.05) is 74.0 Å². The molecule has 3 unspecified atom stereocenters. The number of rotatable bonds is 8. The van der Waals surface area contributed by atoms with Crippen LogP contribution in [0.1, 0.15) is 48.9 Å². The van der Waals surface area contributed by atoms with Crippen molar-refractivity contribution in [2.75, 3.05) is 45.0 Å². The van der Waals surface area contributed by atoms with E-state index in [0.717, 1.165) is 79.8 Å². The summed E-state index contributed by atoms with van der Waals surface area (Å²) in [4.78, 5) is 16.7. The molecule has 0 spiro atoms. The van der Waals surface area contributed by atoms with Crippen LogP contribution in [0.3, 0.4) is 0 Å². The number of hydrogen-bond acceptors (Lipinski definition) is 6. The maximum absolute atomic E-state index is 13.9. The SMILES string of the molecule is O=C(CSc1cc(-c2nn(CC(O)CN3CC4CCCC4C3)c3c2CNCC3)ccc1C(F)(F)F)N1CCCC1. The van der Waals surface area contributed by atoms with Crippen LogP contribution in [0, 0.1) is 11.8 Å². The number of thioether (sulfide) groups is 1. The van der Waals surface area contributed by atoms with Crippen molar-refractivity contribution in [3.8, 4) is 11.3 Å². The van der Waals surface area contributed by atoms with Gasteiger partial charge < -0.3 is 20.2 Å². The van der Waals surface area contributed by atoms with Gasteiger partial charge in [0.05, 0.1) is 29.7 Å². The van der Waals surface area contributed by atoms with E-state index in [1.54, 1.807) is 4.90 Å². The lowest BCUT2D eigenvalue weighted by molar-refractivity contribution is -0.139. The summed E-state index contributed by atoms with van der Waals surface area (Å²) in [5.74, 6) is 1.38. The Bertz CT molecular complexity index is 1220. The van der Waals surface area contributed by atoms with E-state index >= 15 is 0 Å². The quantitative estimate of drug-likeness (QED) is 0.462. The molecular formula is C29H38F3N5O2S. The molecule has 0 radical (unpaired) electrons. The Morgan fingerprint density at radius 2 is 1.88 bits per heavy atom. The highest BCUT2D eigenvalue weighted by atomic mass is 32.2. The predicted octanol–water partition coefficient (Wildman–Crippen LogP) is 4.02. The molecule has 1 saturated carbocycles. The molecule has 1 aliphatic carbocycles. The van der Waals surface area contributed by atoms with Crippen molar-refractivity contribution in [2.45, 2.75) is 68.8 Å². The summed E-state index contributed by atoms with van der Waals surface area (Å²) in [6.07, 6.45) is 1.44. The van der Waals surface area contributed by atoms with Gasteiger partial charge >= 0.3 is 6.18 Å². The molecule has 7 nitrogen and oxygen atoms in total. The van der Waals surface area contributed by atoms with Crippen LogP contribution >= 0.6 is 11.8 Å². The Morgan fingerprint density at radius 3 is 2.60 bits per heavy atom. The maximum atomic E-state index is 13.9. The van der Waals surface area contributed by atoms with E-state index in [1.807, 2.05) is 4.68 Å². The molecule has 218 valence electrons. The topological polar surface area (TPSA) is 73.6 Å². The maximum Gasteiger partial charge on any atom is 0.417 e. The fraction of sp³-hybridized carbons (Fsp3) is 0.655. The van der Waals surface area contributed by atoms with E-state index in [1.165, 1.54) is 31.4 Å². The molecule has 3 atom stereocenters. The number of aliphatic hydroxyl groups excluding tert-OH is 1. The van der Waals surface area contributed by atoms with E-state index in [9.17, 15) is 23.1 Å². The lowest BCUT2D eigenvalue weighted by Crippen LogP contribution is -2.35. The number of halogens is 3. The molecule has 3 aliphatic heterocycles. The van der Waals surface area contributed by atoms with Crippen molar-refractivity contribution in [3.63, 3.8) is 0 Å². The normalized spacial score (nSPS) is 23.9. The lowest BCUT2D eigenvalue weighted by Gasteiger charge is -2.22. The van der Waals surface area contributed by atoms with Gasteiger partial charge in [0.2, 0.25) is 5.91 Å². The third-order valence-corrected chi connectivity index (χ3v) is 10.1. The number of fused-ring (bicyclic) bond motifs is 2.